The van der Waals surface area contributed by atoms with Gasteiger partial charge in [-0.05, 0) is 37.1 Å². The Labute approximate surface area is 151 Å². The van der Waals surface area contributed by atoms with Gasteiger partial charge in [-0.15, -0.1) is 0 Å². The molecule has 0 fully saturated rings. The third-order valence-corrected chi connectivity index (χ3v) is 5.68. The lowest BCUT2D eigenvalue weighted by Crippen LogP contribution is -2.33. The van der Waals surface area contributed by atoms with Gasteiger partial charge in [0.05, 0.1) is 10.9 Å². The fourth-order valence-electron chi connectivity index (χ4n) is 4.67. The number of fused-ring (bicyclic) bond motifs is 10. The van der Waals surface area contributed by atoms with E-state index >= 15 is 0 Å². The summed E-state index contributed by atoms with van der Waals surface area (Å²) in [5.41, 5.74) is 9.80. The topological polar surface area (TPSA) is 17.0 Å². The monoisotopic (exact) mass is 336 g/mol. The molecule has 2 nitrogen and oxygen atoms in total. The van der Waals surface area contributed by atoms with Gasteiger partial charge in [0.15, 0.2) is 12.1 Å². The summed E-state index contributed by atoms with van der Waals surface area (Å²) in [5.74, 6) is 0. The average Bonchev–Trinajstić information content (AvgIpc) is 3.19. The Kier molecular flexibility index (Phi) is 2.56. The summed E-state index contributed by atoms with van der Waals surface area (Å²) in [6.07, 6.45) is 0. The second-order valence-corrected chi connectivity index (χ2v) is 7.37. The lowest BCUT2D eigenvalue weighted by atomic mass is 9.99. The van der Waals surface area contributed by atoms with Crippen LogP contribution in [0.15, 0.2) is 65.1 Å². The van der Waals surface area contributed by atoms with E-state index < -0.39 is 0 Å². The molecule has 1 aliphatic heterocycles. The second kappa shape index (κ2) is 4.73. The zero-order valence-corrected chi connectivity index (χ0v) is 14.8. The number of benzene rings is 3. The smallest absolute Gasteiger partial charge is 0.225 e. The molecule has 0 bridgehead atoms. The highest BCUT2D eigenvalue weighted by atomic mass is 16.3. The summed E-state index contributed by atoms with van der Waals surface area (Å²) in [4.78, 5) is 0. The number of hydrogen-bond donors (Lipinski definition) is 0. The van der Waals surface area contributed by atoms with Crippen molar-refractivity contribution in [3.8, 4) is 11.3 Å². The molecule has 6 rings (SSSR count). The molecule has 0 unspecified atom stereocenters. The van der Waals surface area contributed by atoms with Crippen molar-refractivity contribution in [2.75, 3.05) is 0 Å². The Morgan fingerprint density at radius 1 is 0.885 bits per heavy atom. The molecule has 3 aromatic carbocycles. The first-order valence-corrected chi connectivity index (χ1v) is 9.08. The SMILES string of the molecule is Cc1cc(C)c2c3oc4ccccc4c3c3[n+](c2c1)Cc1ccccc1-3. The number of furan rings is 1. The van der Waals surface area contributed by atoms with Crippen LogP contribution in [0.1, 0.15) is 16.7 Å². The molecule has 2 aromatic heterocycles. The highest BCUT2D eigenvalue weighted by molar-refractivity contribution is 6.18. The van der Waals surface area contributed by atoms with Gasteiger partial charge in [0.1, 0.15) is 11.0 Å². The predicted molar refractivity (Wildman–Crippen MR) is 105 cm³/mol. The van der Waals surface area contributed by atoms with E-state index in [4.69, 9.17) is 4.42 Å². The van der Waals surface area contributed by atoms with Crippen LogP contribution in [-0.4, -0.2) is 0 Å². The van der Waals surface area contributed by atoms with Crippen molar-refractivity contribution in [2.24, 2.45) is 0 Å². The van der Waals surface area contributed by atoms with Gasteiger partial charge >= 0.3 is 0 Å². The lowest BCUT2D eigenvalue weighted by molar-refractivity contribution is -0.644. The van der Waals surface area contributed by atoms with Crippen LogP contribution < -0.4 is 4.57 Å². The van der Waals surface area contributed by atoms with Gasteiger partial charge in [0.25, 0.3) is 0 Å². The number of para-hydroxylation sites is 1. The van der Waals surface area contributed by atoms with Crippen LogP contribution in [0.5, 0.6) is 0 Å². The summed E-state index contributed by atoms with van der Waals surface area (Å²) < 4.78 is 8.89. The summed E-state index contributed by atoms with van der Waals surface area (Å²) in [7, 11) is 0. The van der Waals surface area contributed by atoms with Crippen molar-refractivity contribution in [3.63, 3.8) is 0 Å². The third kappa shape index (κ3) is 1.64. The normalized spacial score (nSPS) is 12.8. The first-order valence-electron chi connectivity index (χ1n) is 9.08. The molecular formula is C24H18NO+. The van der Waals surface area contributed by atoms with E-state index in [0.717, 1.165) is 17.7 Å². The van der Waals surface area contributed by atoms with Gasteiger partial charge in [-0.3, -0.25) is 0 Å². The fraction of sp³-hybridized carbons (Fsp3) is 0.125. The maximum absolute atomic E-state index is 6.41. The van der Waals surface area contributed by atoms with E-state index in [0.29, 0.717) is 0 Å². The quantitative estimate of drug-likeness (QED) is 0.327. The first-order chi connectivity index (χ1) is 12.7. The van der Waals surface area contributed by atoms with E-state index in [9.17, 15) is 0 Å². The number of nitrogens with zero attached hydrogens (tertiary/aromatic N) is 1. The van der Waals surface area contributed by atoms with Crippen molar-refractivity contribution in [2.45, 2.75) is 20.4 Å². The predicted octanol–water partition coefficient (Wildman–Crippen LogP) is 5.67. The minimum atomic E-state index is 0.917. The van der Waals surface area contributed by atoms with Crippen molar-refractivity contribution < 1.29 is 8.98 Å². The molecule has 0 amide bonds. The van der Waals surface area contributed by atoms with Gasteiger partial charge in [0.2, 0.25) is 11.2 Å². The molecule has 5 aromatic rings. The van der Waals surface area contributed by atoms with Crippen molar-refractivity contribution >= 4 is 32.8 Å². The minimum absolute atomic E-state index is 0.917. The van der Waals surface area contributed by atoms with Crippen molar-refractivity contribution in [3.05, 3.63) is 77.4 Å². The van der Waals surface area contributed by atoms with Crippen LogP contribution in [-0.2, 0) is 6.54 Å². The number of pyridine rings is 1. The molecule has 2 heteroatoms. The highest BCUT2D eigenvalue weighted by Gasteiger charge is 2.34. The Balaban J connectivity index is 1.97. The molecule has 26 heavy (non-hydrogen) atoms. The number of aromatic nitrogens is 1. The Morgan fingerprint density at radius 3 is 2.62 bits per heavy atom. The number of hydrogen-bond acceptors (Lipinski definition) is 1. The third-order valence-electron chi connectivity index (χ3n) is 5.68. The fourth-order valence-corrected chi connectivity index (χ4v) is 4.67. The van der Waals surface area contributed by atoms with E-state index in [1.54, 1.807) is 0 Å². The molecule has 0 spiro atoms. The minimum Gasteiger partial charge on any atom is -0.455 e. The largest absolute Gasteiger partial charge is 0.455 e. The summed E-state index contributed by atoms with van der Waals surface area (Å²) in [6, 6.07) is 21.7. The summed E-state index contributed by atoms with van der Waals surface area (Å²) >= 11 is 0. The van der Waals surface area contributed by atoms with Crippen LogP contribution in [0.4, 0.5) is 0 Å². The molecule has 124 valence electrons. The highest BCUT2D eigenvalue weighted by Crippen LogP contribution is 2.42. The molecule has 0 atom stereocenters. The molecule has 0 radical (unpaired) electrons. The maximum atomic E-state index is 6.41. The van der Waals surface area contributed by atoms with Gasteiger partial charge in [-0.25, -0.2) is 0 Å². The van der Waals surface area contributed by atoms with Gasteiger partial charge in [-0.2, -0.15) is 4.57 Å². The molecule has 0 saturated heterocycles. The van der Waals surface area contributed by atoms with E-state index in [1.165, 1.54) is 49.6 Å². The maximum Gasteiger partial charge on any atom is 0.225 e. The van der Waals surface area contributed by atoms with Crippen LogP contribution in [0.25, 0.3) is 44.1 Å². The second-order valence-electron chi connectivity index (χ2n) is 7.37. The van der Waals surface area contributed by atoms with Gasteiger partial charge in [0, 0.05) is 17.0 Å². The van der Waals surface area contributed by atoms with E-state index in [-0.39, 0.29) is 0 Å². The van der Waals surface area contributed by atoms with Crippen LogP contribution in [0, 0.1) is 13.8 Å². The molecule has 1 aliphatic rings. The number of rotatable bonds is 0. The van der Waals surface area contributed by atoms with Crippen molar-refractivity contribution in [1.29, 1.82) is 0 Å². The van der Waals surface area contributed by atoms with E-state index in [2.05, 4.69) is 73.0 Å². The van der Waals surface area contributed by atoms with Gasteiger partial charge in [-0.1, -0.05) is 42.5 Å². The zero-order valence-electron chi connectivity index (χ0n) is 14.8. The Morgan fingerprint density at radius 2 is 1.69 bits per heavy atom. The standard InChI is InChI=1S/C24H18NO/c1-14-11-15(2)21-19(12-14)25-13-16-7-3-4-8-17(16)23(25)22-18-9-5-6-10-20(18)26-24(21)22/h3-12H,13H2,1-2H3/q+1. The Hall–Kier alpha value is -3.13. The summed E-state index contributed by atoms with van der Waals surface area (Å²) in [5, 5.41) is 3.67. The van der Waals surface area contributed by atoms with Gasteiger partial charge < -0.3 is 4.42 Å². The first kappa shape index (κ1) is 14.1. The van der Waals surface area contributed by atoms with Crippen LogP contribution >= 0.6 is 0 Å². The number of aryl methyl sites for hydroxylation is 2. The molecular weight excluding hydrogens is 318 g/mol. The Bertz CT molecular complexity index is 1370. The van der Waals surface area contributed by atoms with Crippen molar-refractivity contribution in [1.82, 2.24) is 0 Å². The van der Waals surface area contributed by atoms with E-state index in [1.807, 2.05) is 6.07 Å². The molecule has 0 saturated carbocycles. The molecule has 0 N–H and O–H groups in total. The van der Waals surface area contributed by atoms with Crippen LogP contribution in [0.2, 0.25) is 0 Å². The molecule has 3 heterocycles. The average molecular weight is 336 g/mol. The zero-order chi connectivity index (χ0) is 17.4. The van der Waals surface area contributed by atoms with Crippen LogP contribution in [0.3, 0.4) is 0 Å². The summed E-state index contributed by atoms with van der Waals surface area (Å²) in [6.45, 7) is 5.28. The lowest BCUT2D eigenvalue weighted by Gasteiger charge is -2.06. The molecule has 0 aliphatic carbocycles.